The van der Waals surface area contributed by atoms with Crippen LogP contribution in [-0.2, 0) is 13.3 Å². The van der Waals surface area contributed by atoms with Gasteiger partial charge in [0.25, 0.3) is 0 Å². The van der Waals surface area contributed by atoms with Crippen LogP contribution in [0.15, 0.2) is 30.3 Å². The molecular formula is C16H30O6Si2. The Kier molecular flexibility index (Phi) is 8.75. The lowest BCUT2D eigenvalue weighted by molar-refractivity contribution is -0.0305. The Morgan fingerprint density at radius 2 is 1.75 bits per heavy atom. The smallest absolute Gasteiger partial charge is 0.411 e. The second kappa shape index (κ2) is 9.78. The Hall–Kier alpha value is -0.586. The third-order valence-electron chi connectivity index (χ3n) is 3.83. The summed E-state index contributed by atoms with van der Waals surface area (Å²) in [6, 6.07) is 10.3. The van der Waals surface area contributed by atoms with E-state index in [9.17, 15) is 15.0 Å². The summed E-state index contributed by atoms with van der Waals surface area (Å²) in [6.07, 6.45) is -1.16. The lowest BCUT2D eigenvalue weighted by Gasteiger charge is -2.32. The molecule has 0 aromatic heterocycles. The maximum atomic E-state index is 10.7. The maximum Gasteiger partial charge on any atom is 0.487 e. The number of aliphatic hydroxyl groups is 2. The van der Waals surface area contributed by atoms with Gasteiger partial charge < -0.3 is 28.3 Å². The van der Waals surface area contributed by atoms with Crippen LogP contribution in [-0.4, -0.2) is 64.7 Å². The third-order valence-corrected chi connectivity index (χ3v) is 10.5. The fourth-order valence-electron chi connectivity index (χ4n) is 2.23. The first kappa shape index (κ1) is 21.5. The first-order chi connectivity index (χ1) is 11.2. The van der Waals surface area contributed by atoms with Crippen molar-refractivity contribution in [3.05, 3.63) is 30.3 Å². The molecule has 24 heavy (non-hydrogen) atoms. The summed E-state index contributed by atoms with van der Waals surface area (Å²) in [6.45, 7) is 6.01. The van der Waals surface area contributed by atoms with Gasteiger partial charge in [-0.3, -0.25) is 0 Å². The fourth-order valence-corrected chi connectivity index (χ4v) is 8.43. The van der Waals surface area contributed by atoms with Crippen molar-refractivity contribution in [1.82, 2.24) is 0 Å². The topological polar surface area (TPSA) is 88.4 Å². The molecule has 0 aliphatic rings. The first-order valence-electron chi connectivity index (χ1n) is 8.17. The van der Waals surface area contributed by atoms with Gasteiger partial charge in [0.1, 0.15) is 6.10 Å². The number of hydrogen-bond acceptors (Lipinski definition) is 6. The predicted molar refractivity (Wildman–Crippen MR) is 97.6 cm³/mol. The van der Waals surface area contributed by atoms with Crippen LogP contribution in [0, 0.1) is 0 Å². The van der Waals surface area contributed by atoms with Gasteiger partial charge in [0, 0.05) is 19.8 Å². The summed E-state index contributed by atoms with van der Waals surface area (Å²) in [7, 11) is -4.06. The highest BCUT2D eigenvalue weighted by molar-refractivity contribution is 6.89. The van der Waals surface area contributed by atoms with E-state index >= 15 is 0 Å². The summed E-state index contributed by atoms with van der Waals surface area (Å²) in [5, 5.41) is 19.7. The SMILES string of the molecule is CO[Si](O)(CCCOCC(O)C(C)O)O[Si](C)(C)c1ccccc1. The van der Waals surface area contributed by atoms with E-state index in [1.807, 2.05) is 43.4 Å². The molecule has 138 valence electrons. The largest absolute Gasteiger partial charge is 0.487 e. The Bertz CT molecular complexity index is 471. The molecule has 3 unspecified atom stereocenters. The van der Waals surface area contributed by atoms with Gasteiger partial charge in [-0.15, -0.1) is 0 Å². The molecular weight excluding hydrogens is 344 g/mol. The van der Waals surface area contributed by atoms with Gasteiger partial charge in [0.15, 0.2) is 0 Å². The van der Waals surface area contributed by atoms with E-state index in [1.165, 1.54) is 14.0 Å². The number of aliphatic hydroxyl groups excluding tert-OH is 2. The molecule has 0 fully saturated rings. The monoisotopic (exact) mass is 374 g/mol. The summed E-state index contributed by atoms with van der Waals surface area (Å²) in [5.74, 6) is 0. The van der Waals surface area contributed by atoms with Crippen molar-refractivity contribution in [3.63, 3.8) is 0 Å². The lowest BCUT2D eigenvalue weighted by Crippen LogP contribution is -2.56. The number of ether oxygens (including phenoxy) is 1. The Labute approximate surface area is 146 Å². The van der Waals surface area contributed by atoms with E-state index in [0.29, 0.717) is 19.1 Å². The van der Waals surface area contributed by atoms with Gasteiger partial charge in [0.05, 0.1) is 12.7 Å². The van der Waals surface area contributed by atoms with E-state index < -0.39 is 29.3 Å². The quantitative estimate of drug-likeness (QED) is 0.393. The minimum atomic E-state index is -3.27. The van der Waals surface area contributed by atoms with E-state index in [1.54, 1.807) is 0 Å². The third kappa shape index (κ3) is 7.12. The van der Waals surface area contributed by atoms with Gasteiger partial charge in [-0.1, -0.05) is 30.3 Å². The molecule has 0 saturated carbocycles. The van der Waals surface area contributed by atoms with Crippen LogP contribution in [0.4, 0.5) is 0 Å². The molecule has 1 aromatic rings. The molecule has 3 N–H and O–H groups in total. The van der Waals surface area contributed by atoms with Gasteiger partial charge in [-0.25, -0.2) is 0 Å². The van der Waals surface area contributed by atoms with Gasteiger partial charge in [-0.05, 0) is 31.6 Å². The molecule has 0 amide bonds. The zero-order valence-corrected chi connectivity index (χ0v) is 16.9. The standard InChI is InChI=1S/C16H30O6Si2/c1-14(17)16(18)13-21-11-8-12-24(19,20-2)22-23(3,4)15-9-6-5-7-10-15/h5-7,9-10,14,16-19H,8,11-13H2,1-4H3. The molecule has 0 heterocycles. The van der Waals surface area contributed by atoms with Crippen molar-refractivity contribution < 1.29 is 28.3 Å². The van der Waals surface area contributed by atoms with E-state index in [-0.39, 0.29) is 6.61 Å². The minimum absolute atomic E-state index is 0.0652. The van der Waals surface area contributed by atoms with Crippen LogP contribution in [0.1, 0.15) is 13.3 Å². The van der Waals surface area contributed by atoms with E-state index in [4.69, 9.17) is 13.3 Å². The molecule has 0 spiro atoms. The highest BCUT2D eigenvalue weighted by Gasteiger charge is 2.42. The minimum Gasteiger partial charge on any atom is -0.411 e. The average Bonchev–Trinajstić information content (AvgIpc) is 2.54. The summed E-state index contributed by atoms with van der Waals surface area (Å²) < 4.78 is 16.7. The molecule has 0 radical (unpaired) electrons. The zero-order chi connectivity index (χ0) is 18.2. The predicted octanol–water partition coefficient (Wildman–Crippen LogP) is 0.841. The van der Waals surface area contributed by atoms with Crippen LogP contribution >= 0.6 is 0 Å². The normalized spacial score (nSPS) is 17.3. The molecule has 0 aliphatic heterocycles. The van der Waals surface area contributed by atoms with Crippen molar-refractivity contribution in [2.45, 2.75) is 44.7 Å². The lowest BCUT2D eigenvalue weighted by atomic mass is 10.2. The van der Waals surface area contributed by atoms with Crippen LogP contribution in [0.25, 0.3) is 0 Å². The Morgan fingerprint density at radius 1 is 1.12 bits per heavy atom. The zero-order valence-electron chi connectivity index (χ0n) is 14.9. The molecule has 0 bridgehead atoms. The Morgan fingerprint density at radius 3 is 2.29 bits per heavy atom. The van der Waals surface area contributed by atoms with Gasteiger partial charge >= 0.3 is 8.80 Å². The highest BCUT2D eigenvalue weighted by atomic mass is 28.5. The van der Waals surface area contributed by atoms with Crippen molar-refractivity contribution in [2.75, 3.05) is 20.3 Å². The molecule has 8 heteroatoms. The number of hydrogen-bond donors (Lipinski definition) is 3. The van der Waals surface area contributed by atoms with Crippen molar-refractivity contribution in [2.24, 2.45) is 0 Å². The van der Waals surface area contributed by atoms with Crippen LogP contribution in [0.5, 0.6) is 0 Å². The maximum absolute atomic E-state index is 10.7. The first-order valence-corrected chi connectivity index (χ1v) is 13.1. The Balaban J connectivity index is 2.48. The van der Waals surface area contributed by atoms with Crippen LogP contribution in [0.2, 0.25) is 19.1 Å². The van der Waals surface area contributed by atoms with Crippen LogP contribution < -0.4 is 5.19 Å². The molecule has 3 atom stereocenters. The molecule has 1 aromatic carbocycles. The van der Waals surface area contributed by atoms with Crippen molar-refractivity contribution >= 4 is 22.3 Å². The van der Waals surface area contributed by atoms with E-state index in [0.717, 1.165) is 5.19 Å². The number of rotatable bonds is 11. The summed E-state index contributed by atoms with van der Waals surface area (Å²) >= 11 is 0. The van der Waals surface area contributed by atoms with Crippen molar-refractivity contribution in [3.8, 4) is 0 Å². The molecule has 0 saturated heterocycles. The second-order valence-electron chi connectivity index (χ2n) is 6.38. The van der Waals surface area contributed by atoms with Gasteiger partial charge in [-0.2, -0.15) is 0 Å². The highest BCUT2D eigenvalue weighted by Crippen LogP contribution is 2.18. The molecule has 6 nitrogen and oxygen atoms in total. The van der Waals surface area contributed by atoms with Crippen LogP contribution in [0.3, 0.4) is 0 Å². The molecule has 1 rings (SSSR count). The van der Waals surface area contributed by atoms with E-state index in [2.05, 4.69) is 0 Å². The van der Waals surface area contributed by atoms with Gasteiger partial charge in [0.2, 0.25) is 8.32 Å². The average molecular weight is 375 g/mol. The summed E-state index contributed by atoms with van der Waals surface area (Å²) in [4.78, 5) is 10.7. The number of benzene rings is 1. The molecule has 0 aliphatic carbocycles. The van der Waals surface area contributed by atoms with Crippen molar-refractivity contribution in [1.29, 1.82) is 0 Å². The fraction of sp³-hybridized carbons (Fsp3) is 0.625. The summed E-state index contributed by atoms with van der Waals surface area (Å²) in [5.41, 5.74) is 0. The second-order valence-corrected chi connectivity index (χ2v) is 13.1.